The van der Waals surface area contributed by atoms with Crippen molar-refractivity contribution in [1.29, 1.82) is 0 Å². The van der Waals surface area contributed by atoms with E-state index < -0.39 is 6.09 Å². The van der Waals surface area contributed by atoms with Crippen molar-refractivity contribution in [2.24, 2.45) is 0 Å². The van der Waals surface area contributed by atoms with Gasteiger partial charge in [0.25, 0.3) is 0 Å². The van der Waals surface area contributed by atoms with Gasteiger partial charge in [-0.2, -0.15) is 0 Å². The molecule has 22 heavy (non-hydrogen) atoms. The van der Waals surface area contributed by atoms with Gasteiger partial charge in [0.1, 0.15) is 12.4 Å². The lowest BCUT2D eigenvalue weighted by molar-refractivity contribution is 0.143. The standard InChI is InChI=1S/C17H16ClNO3/c1-21-15-8-6-13(7-9-15)12-22-17(20)19-11-10-14-4-2-3-5-16(14)18/h2-11H,12H2,1H3,(H,19,20)/b11-10+. The highest BCUT2D eigenvalue weighted by Crippen LogP contribution is 2.16. The predicted molar refractivity (Wildman–Crippen MR) is 86.8 cm³/mol. The number of alkyl carbamates (subject to hydrolysis) is 1. The van der Waals surface area contributed by atoms with Gasteiger partial charge in [-0.05, 0) is 35.4 Å². The van der Waals surface area contributed by atoms with Crippen LogP contribution in [0.25, 0.3) is 6.08 Å². The van der Waals surface area contributed by atoms with E-state index in [-0.39, 0.29) is 6.61 Å². The molecular formula is C17H16ClNO3. The second kappa shape index (κ2) is 8.10. The quantitative estimate of drug-likeness (QED) is 0.897. The Morgan fingerprint density at radius 2 is 1.91 bits per heavy atom. The Bertz CT molecular complexity index is 653. The summed E-state index contributed by atoms with van der Waals surface area (Å²) in [6, 6.07) is 14.6. The topological polar surface area (TPSA) is 47.6 Å². The number of methoxy groups -OCH3 is 1. The average Bonchev–Trinajstić information content (AvgIpc) is 2.55. The Hall–Kier alpha value is -2.46. The lowest BCUT2D eigenvalue weighted by atomic mass is 10.2. The van der Waals surface area contributed by atoms with Gasteiger partial charge in [-0.1, -0.05) is 41.9 Å². The monoisotopic (exact) mass is 317 g/mol. The fourth-order valence-electron chi connectivity index (χ4n) is 1.72. The number of carbonyl (C=O) groups is 1. The number of nitrogens with one attached hydrogen (secondary N) is 1. The van der Waals surface area contributed by atoms with Crippen LogP contribution >= 0.6 is 11.6 Å². The predicted octanol–water partition coefficient (Wildman–Crippen LogP) is 4.25. The molecule has 1 N–H and O–H groups in total. The van der Waals surface area contributed by atoms with Crippen LogP contribution in [0.3, 0.4) is 0 Å². The van der Waals surface area contributed by atoms with E-state index in [2.05, 4.69) is 5.32 Å². The zero-order valence-electron chi connectivity index (χ0n) is 12.1. The summed E-state index contributed by atoms with van der Waals surface area (Å²) in [4.78, 5) is 11.6. The lowest BCUT2D eigenvalue weighted by Crippen LogP contribution is -2.18. The van der Waals surface area contributed by atoms with Crippen LogP contribution in [0.4, 0.5) is 4.79 Å². The van der Waals surface area contributed by atoms with Crippen molar-refractivity contribution in [3.8, 4) is 5.75 Å². The molecule has 0 aliphatic carbocycles. The highest BCUT2D eigenvalue weighted by atomic mass is 35.5. The number of rotatable bonds is 5. The zero-order chi connectivity index (χ0) is 15.8. The summed E-state index contributed by atoms with van der Waals surface area (Å²) >= 11 is 6.00. The van der Waals surface area contributed by atoms with Crippen molar-refractivity contribution in [2.45, 2.75) is 6.61 Å². The second-order valence-corrected chi connectivity index (χ2v) is 4.83. The van der Waals surface area contributed by atoms with Gasteiger partial charge in [-0.3, -0.25) is 5.32 Å². The minimum Gasteiger partial charge on any atom is -0.497 e. The summed E-state index contributed by atoms with van der Waals surface area (Å²) in [5.74, 6) is 0.760. The SMILES string of the molecule is COc1ccc(COC(=O)N/C=C/c2ccccc2Cl)cc1. The van der Waals surface area contributed by atoms with Crippen molar-refractivity contribution in [2.75, 3.05) is 7.11 Å². The van der Waals surface area contributed by atoms with Crippen LogP contribution < -0.4 is 10.1 Å². The Morgan fingerprint density at radius 1 is 1.18 bits per heavy atom. The summed E-state index contributed by atoms with van der Waals surface area (Å²) in [6.45, 7) is 0.190. The maximum atomic E-state index is 11.6. The van der Waals surface area contributed by atoms with Gasteiger partial charge in [0.2, 0.25) is 0 Å². The Kier molecular flexibility index (Phi) is 5.86. The maximum absolute atomic E-state index is 11.6. The van der Waals surface area contributed by atoms with Crippen molar-refractivity contribution in [3.63, 3.8) is 0 Å². The van der Waals surface area contributed by atoms with E-state index >= 15 is 0 Å². The van der Waals surface area contributed by atoms with E-state index in [1.807, 2.05) is 42.5 Å². The number of carbonyl (C=O) groups excluding carboxylic acids is 1. The smallest absolute Gasteiger partial charge is 0.411 e. The van der Waals surface area contributed by atoms with Gasteiger partial charge in [0.05, 0.1) is 7.11 Å². The number of ether oxygens (including phenoxy) is 2. The number of hydrogen-bond acceptors (Lipinski definition) is 3. The van der Waals surface area contributed by atoms with Gasteiger partial charge < -0.3 is 9.47 Å². The normalized spacial score (nSPS) is 10.5. The van der Waals surface area contributed by atoms with Gasteiger partial charge in [-0.25, -0.2) is 4.79 Å². The highest BCUT2D eigenvalue weighted by Gasteiger charge is 2.01. The lowest BCUT2D eigenvalue weighted by Gasteiger charge is -2.05. The number of amides is 1. The van der Waals surface area contributed by atoms with E-state index in [4.69, 9.17) is 21.1 Å². The molecule has 0 aliphatic heterocycles. The first-order valence-corrected chi connectivity index (χ1v) is 7.04. The molecule has 0 bridgehead atoms. The fraction of sp³-hybridized carbons (Fsp3) is 0.118. The molecule has 5 heteroatoms. The molecule has 0 atom stereocenters. The van der Waals surface area contributed by atoms with Gasteiger partial charge in [0.15, 0.2) is 0 Å². The molecule has 2 rings (SSSR count). The molecule has 0 aliphatic rings. The minimum atomic E-state index is -0.529. The zero-order valence-corrected chi connectivity index (χ0v) is 12.8. The summed E-state index contributed by atoms with van der Waals surface area (Å²) in [5, 5.41) is 3.14. The van der Waals surface area contributed by atoms with Crippen LogP contribution in [0.2, 0.25) is 5.02 Å². The number of benzene rings is 2. The van der Waals surface area contributed by atoms with Crippen LogP contribution in [0, 0.1) is 0 Å². The molecule has 0 fully saturated rings. The molecule has 0 heterocycles. The third-order valence-electron chi connectivity index (χ3n) is 2.90. The molecule has 2 aromatic rings. The van der Waals surface area contributed by atoms with Crippen molar-refractivity contribution >= 4 is 23.8 Å². The van der Waals surface area contributed by atoms with Crippen LogP contribution in [0.1, 0.15) is 11.1 Å². The summed E-state index contributed by atoms with van der Waals surface area (Å²) in [5.41, 5.74) is 1.70. The first kappa shape index (κ1) is 15.9. The molecule has 0 saturated carbocycles. The third kappa shape index (κ3) is 4.82. The summed E-state index contributed by atoms with van der Waals surface area (Å²) in [6.07, 6.45) is 2.67. The van der Waals surface area contributed by atoms with E-state index in [0.29, 0.717) is 5.02 Å². The Morgan fingerprint density at radius 3 is 2.59 bits per heavy atom. The van der Waals surface area contributed by atoms with Crippen LogP contribution in [0.15, 0.2) is 54.7 Å². The average molecular weight is 318 g/mol. The van der Waals surface area contributed by atoms with Crippen LogP contribution in [-0.2, 0) is 11.3 Å². The molecule has 0 unspecified atom stereocenters. The minimum absolute atomic E-state index is 0.190. The molecule has 0 aromatic heterocycles. The van der Waals surface area contributed by atoms with Crippen molar-refractivity contribution in [3.05, 3.63) is 70.9 Å². The highest BCUT2D eigenvalue weighted by molar-refractivity contribution is 6.32. The molecule has 4 nitrogen and oxygen atoms in total. The van der Waals surface area contributed by atoms with Crippen LogP contribution in [0.5, 0.6) is 5.75 Å². The Balaban J connectivity index is 1.79. The molecule has 0 saturated heterocycles. The molecule has 1 amide bonds. The first-order valence-electron chi connectivity index (χ1n) is 6.66. The molecule has 0 radical (unpaired) electrons. The summed E-state index contributed by atoms with van der Waals surface area (Å²) < 4.78 is 10.2. The fourth-order valence-corrected chi connectivity index (χ4v) is 1.92. The van der Waals surface area contributed by atoms with E-state index in [1.165, 1.54) is 6.20 Å². The molecule has 0 spiro atoms. The van der Waals surface area contributed by atoms with Gasteiger partial charge >= 0.3 is 6.09 Å². The van der Waals surface area contributed by atoms with Crippen molar-refractivity contribution in [1.82, 2.24) is 5.32 Å². The number of halogens is 1. The maximum Gasteiger partial charge on any atom is 0.411 e. The van der Waals surface area contributed by atoms with Crippen LogP contribution in [-0.4, -0.2) is 13.2 Å². The summed E-state index contributed by atoms with van der Waals surface area (Å²) in [7, 11) is 1.60. The molecular weight excluding hydrogens is 302 g/mol. The van der Waals surface area contributed by atoms with E-state index in [1.54, 1.807) is 19.3 Å². The Labute approximate surface area is 134 Å². The van der Waals surface area contributed by atoms with E-state index in [0.717, 1.165) is 16.9 Å². The molecule has 114 valence electrons. The van der Waals surface area contributed by atoms with Gasteiger partial charge in [0, 0.05) is 11.2 Å². The largest absolute Gasteiger partial charge is 0.497 e. The first-order chi connectivity index (χ1) is 10.7. The van der Waals surface area contributed by atoms with E-state index in [9.17, 15) is 4.79 Å². The van der Waals surface area contributed by atoms with Gasteiger partial charge in [-0.15, -0.1) is 0 Å². The second-order valence-electron chi connectivity index (χ2n) is 4.42. The van der Waals surface area contributed by atoms with Crippen molar-refractivity contribution < 1.29 is 14.3 Å². The third-order valence-corrected chi connectivity index (χ3v) is 3.24. The number of hydrogen-bond donors (Lipinski definition) is 1. The molecule has 2 aromatic carbocycles.